The lowest BCUT2D eigenvalue weighted by molar-refractivity contribution is -0.119. The first kappa shape index (κ1) is 23.2. The molecule has 0 spiro atoms. The van der Waals surface area contributed by atoms with Crippen molar-refractivity contribution in [3.05, 3.63) is 72.9 Å². The Morgan fingerprint density at radius 2 is 1.90 bits per heavy atom. The minimum Gasteiger partial charge on any atom is -0.335 e. The molecule has 0 unspecified atom stereocenters. The second-order valence-electron chi connectivity index (χ2n) is 9.75. The highest BCUT2D eigenvalue weighted by atomic mass is 19.1. The highest BCUT2D eigenvalue weighted by molar-refractivity contribution is 5.95. The van der Waals surface area contributed by atoms with E-state index in [0.717, 1.165) is 47.9 Å². The van der Waals surface area contributed by atoms with Crippen LogP contribution in [-0.4, -0.2) is 41.0 Å². The van der Waals surface area contributed by atoms with Gasteiger partial charge in [0.2, 0.25) is 5.91 Å². The highest BCUT2D eigenvalue weighted by Gasteiger charge is 2.23. The lowest BCUT2D eigenvalue weighted by atomic mass is 10.1. The Bertz CT molecular complexity index is 1850. The number of H-pyrrole nitrogens is 2. The number of fused-ring (bicyclic) bond motifs is 2. The predicted molar refractivity (Wildman–Crippen MR) is 146 cm³/mol. The smallest absolute Gasteiger partial charge is 0.227 e. The van der Waals surface area contributed by atoms with Crippen LogP contribution < -0.4 is 5.32 Å². The zero-order valence-corrected chi connectivity index (χ0v) is 20.8. The Kier molecular flexibility index (Phi) is 5.58. The second kappa shape index (κ2) is 9.39. The largest absolute Gasteiger partial charge is 0.335 e. The highest BCUT2D eigenvalue weighted by Crippen LogP contribution is 2.32. The van der Waals surface area contributed by atoms with Crippen LogP contribution in [0.15, 0.2) is 67.1 Å². The van der Waals surface area contributed by atoms with Gasteiger partial charge in [0.05, 0.1) is 28.6 Å². The number of benzene rings is 1. The number of pyridine rings is 3. The first-order chi connectivity index (χ1) is 19.1. The van der Waals surface area contributed by atoms with E-state index in [2.05, 4.69) is 35.5 Å². The third-order valence-corrected chi connectivity index (χ3v) is 7.19. The fourth-order valence-corrected chi connectivity index (χ4v) is 5.23. The summed E-state index contributed by atoms with van der Waals surface area (Å²) in [5.74, 6) is 0.288. The van der Waals surface area contributed by atoms with Crippen LogP contribution in [0.2, 0.25) is 0 Å². The molecular weight excluding hydrogens is 495 g/mol. The van der Waals surface area contributed by atoms with Gasteiger partial charge >= 0.3 is 0 Å². The molecule has 3 N–H and O–H groups in total. The summed E-state index contributed by atoms with van der Waals surface area (Å²) in [4.78, 5) is 34.2. The molecule has 1 amide bonds. The van der Waals surface area contributed by atoms with Crippen LogP contribution in [0.3, 0.4) is 0 Å². The van der Waals surface area contributed by atoms with Gasteiger partial charge in [-0.2, -0.15) is 5.10 Å². The van der Waals surface area contributed by atoms with Crippen molar-refractivity contribution in [1.29, 1.82) is 0 Å². The fraction of sp³-hybridized carbons (Fsp3) is 0.172. The summed E-state index contributed by atoms with van der Waals surface area (Å²) in [6.45, 7) is 0. The molecule has 0 atom stereocenters. The Hall–Kier alpha value is -4.99. The van der Waals surface area contributed by atoms with E-state index in [4.69, 9.17) is 4.98 Å². The number of halogens is 1. The first-order valence-corrected chi connectivity index (χ1v) is 12.8. The molecular formula is C29H23FN8O. The van der Waals surface area contributed by atoms with E-state index in [0.29, 0.717) is 39.6 Å². The molecule has 10 heteroatoms. The molecule has 0 radical (unpaired) electrons. The second-order valence-corrected chi connectivity index (χ2v) is 9.75. The molecule has 1 aliphatic rings. The van der Waals surface area contributed by atoms with Gasteiger partial charge in [0.1, 0.15) is 11.3 Å². The number of hydrogen-bond acceptors (Lipinski definition) is 6. The Balaban J connectivity index is 1.25. The van der Waals surface area contributed by atoms with Crippen LogP contribution in [0, 0.1) is 11.7 Å². The number of rotatable bonds is 5. The average molecular weight is 519 g/mol. The molecule has 1 aromatic carbocycles. The zero-order valence-electron chi connectivity index (χ0n) is 20.8. The summed E-state index contributed by atoms with van der Waals surface area (Å²) in [7, 11) is 0. The van der Waals surface area contributed by atoms with Crippen LogP contribution in [0.1, 0.15) is 25.7 Å². The molecule has 39 heavy (non-hydrogen) atoms. The molecule has 1 saturated carbocycles. The summed E-state index contributed by atoms with van der Waals surface area (Å²) in [5, 5.41) is 10.5. The fourth-order valence-electron chi connectivity index (χ4n) is 5.23. The van der Waals surface area contributed by atoms with Gasteiger partial charge in [-0.15, -0.1) is 0 Å². The van der Waals surface area contributed by atoms with Crippen molar-refractivity contribution in [2.24, 2.45) is 5.92 Å². The number of amides is 1. The Morgan fingerprint density at radius 1 is 1.00 bits per heavy atom. The van der Waals surface area contributed by atoms with Gasteiger partial charge in [0.25, 0.3) is 0 Å². The van der Waals surface area contributed by atoms with Crippen molar-refractivity contribution in [1.82, 2.24) is 35.1 Å². The minimum atomic E-state index is -0.316. The third kappa shape index (κ3) is 4.29. The molecule has 0 saturated heterocycles. The lowest BCUT2D eigenvalue weighted by Crippen LogP contribution is -2.20. The van der Waals surface area contributed by atoms with Crippen molar-refractivity contribution in [3.63, 3.8) is 0 Å². The predicted octanol–water partition coefficient (Wildman–Crippen LogP) is 5.89. The minimum absolute atomic E-state index is 0.0445. The number of nitrogens with zero attached hydrogens (tertiary/aromatic N) is 5. The van der Waals surface area contributed by atoms with Crippen molar-refractivity contribution >= 4 is 33.8 Å². The van der Waals surface area contributed by atoms with Gasteiger partial charge in [-0.3, -0.25) is 14.9 Å². The van der Waals surface area contributed by atoms with Crippen molar-refractivity contribution < 1.29 is 9.18 Å². The lowest BCUT2D eigenvalue weighted by Gasteiger charge is -2.11. The summed E-state index contributed by atoms with van der Waals surface area (Å²) in [5.41, 5.74) is 6.68. The summed E-state index contributed by atoms with van der Waals surface area (Å²) in [6, 6.07) is 13.9. The van der Waals surface area contributed by atoms with Gasteiger partial charge in [-0.1, -0.05) is 25.0 Å². The monoisotopic (exact) mass is 518 g/mol. The number of carbonyl (C=O) groups is 1. The normalized spacial score (nSPS) is 13.9. The molecule has 7 rings (SSSR count). The molecule has 5 heterocycles. The molecule has 0 bridgehead atoms. The van der Waals surface area contributed by atoms with Crippen LogP contribution in [0.4, 0.5) is 10.1 Å². The first-order valence-electron chi connectivity index (χ1n) is 12.8. The van der Waals surface area contributed by atoms with Crippen LogP contribution in [0.5, 0.6) is 0 Å². The maximum absolute atomic E-state index is 13.9. The molecule has 6 aromatic rings. The van der Waals surface area contributed by atoms with E-state index in [1.54, 1.807) is 24.7 Å². The van der Waals surface area contributed by atoms with E-state index in [9.17, 15) is 9.18 Å². The summed E-state index contributed by atoms with van der Waals surface area (Å²) >= 11 is 0. The van der Waals surface area contributed by atoms with Crippen LogP contribution in [0.25, 0.3) is 56.1 Å². The van der Waals surface area contributed by atoms with E-state index < -0.39 is 0 Å². The zero-order chi connectivity index (χ0) is 26.3. The number of anilines is 1. The maximum Gasteiger partial charge on any atom is 0.227 e. The van der Waals surface area contributed by atoms with Crippen LogP contribution in [-0.2, 0) is 4.79 Å². The number of nitrogens with one attached hydrogen (secondary N) is 3. The number of imidazole rings is 1. The Morgan fingerprint density at radius 3 is 2.77 bits per heavy atom. The topological polar surface area (TPSA) is 125 Å². The van der Waals surface area contributed by atoms with Crippen molar-refractivity contribution in [2.45, 2.75) is 25.7 Å². The molecule has 9 nitrogen and oxygen atoms in total. The molecule has 5 aromatic heterocycles. The number of hydrogen-bond donors (Lipinski definition) is 3. The maximum atomic E-state index is 13.9. The van der Waals surface area contributed by atoms with E-state index in [1.807, 2.05) is 30.3 Å². The SMILES string of the molecule is O=C(Nc1cncc(-c2ccc3[nH]nc(-c4nc5nccc(-c6cccc(F)c6)c5[nH]4)c3n2)c1)C1CCCC1. The summed E-state index contributed by atoms with van der Waals surface area (Å²) < 4.78 is 13.9. The average Bonchev–Trinajstić information content (AvgIpc) is 3.72. The van der Waals surface area contributed by atoms with E-state index in [-0.39, 0.29) is 17.6 Å². The molecule has 192 valence electrons. The summed E-state index contributed by atoms with van der Waals surface area (Å²) in [6.07, 6.45) is 9.08. The molecule has 1 fully saturated rings. The van der Waals surface area contributed by atoms with Crippen molar-refractivity contribution in [2.75, 3.05) is 5.32 Å². The standard InChI is InChI=1S/C29H23FN8O/c30-19-7-3-6-17(12-19)21-10-11-32-27-24(21)35-28(36-27)26-25-23(37-38-26)9-8-22(34-25)18-13-20(15-31-14-18)33-29(39)16-4-1-2-5-16/h3,6-16H,1-2,4-5H2,(H,33,39)(H,37,38)(H,32,35,36). The third-order valence-electron chi connectivity index (χ3n) is 7.19. The van der Waals surface area contributed by atoms with Crippen molar-refractivity contribution in [3.8, 4) is 33.9 Å². The van der Waals surface area contributed by atoms with E-state index in [1.165, 1.54) is 12.1 Å². The van der Waals surface area contributed by atoms with E-state index >= 15 is 0 Å². The number of aromatic amines is 2. The van der Waals surface area contributed by atoms with Gasteiger partial charge < -0.3 is 10.3 Å². The van der Waals surface area contributed by atoms with Gasteiger partial charge in [-0.05, 0) is 54.8 Å². The Labute approximate surface area is 222 Å². The molecule has 0 aliphatic heterocycles. The number of aromatic nitrogens is 7. The van der Waals surface area contributed by atoms with Gasteiger partial charge in [0, 0.05) is 29.4 Å². The number of carbonyl (C=O) groups excluding carboxylic acids is 1. The quantitative estimate of drug-likeness (QED) is 0.261. The van der Waals surface area contributed by atoms with Crippen LogP contribution >= 0.6 is 0 Å². The van der Waals surface area contributed by atoms with Gasteiger partial charge in [-0.25, -0.2) is 19.3 Å². The molecule has 1 aliphatic carbocycles. The van der Waals surface area contributed by atoms with Gasteiger partial charge in [0.15, 0.2) is 17.2 Å².